The first-order chi connectivity index (χ1) is 6.61. The number of carboxylic acid groups (broad SMARTS) is 1. The third kappa shape index (κ3) is 3.00. The van der Waals surface area contributed by atoms with Crippen molar-refractivity contribution in [3.8, 4) is 0 Å². The molecule has 0 amide bonds. The van der Waals surface area contributed by atoms with E-state index in [9.17, 15) is 9.18 Å². The maximum Gasteiger partial charge on any atom is 0.303 e. The van der Waals surface area contributed by atoms with E-state index in [-0.39, 0.29) is 12.8 Å². The Morgan fingerprint density at radius 3 is 2.71 bits per heavy atom. The van der Waals surface area contributed by atoms with Crippen LogP contribution in [0.25, 0.3) is 0 Å². The monoisotopic (exact) mass is 216 g/mol. The molecule has 76 valence electrons. The van der Waals surface area contributed by atoms with Gasteiger partial charge in [0.25, 0.3) is 0 Å². The fourth-order valence-corrected chi connectivity index (χ4v) is 1.42. The molecule has 0 bridgehead atoms. The van der Waals surface area contributed by atoms with Crippen LogP contribution < -0.4 is 0 Å². The second-order valence-corrected chi connectivity index (χ2v) is 3.45. The van der Waals surface area contributed by atoms with E-state index in [1.54, 1.807) is 18.2 Å². The van der Waals surface area contributed by atoms with E-state index in [0.717, 1.165) is 0 Å². The Kier molecular flexibility index (Phi) is 3.89. The fourth-order valence-electron chi connectivity index (χ4n) is 1.13. The van der Waals surface area contributed by atoms with Crippen LogP contribution in [0.1, 0.15) is 23.8 Å². The van der Waals surface area contributed by atoms with E-state index in [2.05, 4.69) is 0 Å². The first-order valence-corrected chi connectivity index (χ1v) is 4.65. The van der Waals surface area contributed by atoms with Gasteiger partial charge in [-0.25, -0.2) is 4.39 Å². The summed E-state index contributed by atoms with van der Waals surface area (Å²) in [6.07, 6.45) is 0.181. The van der Waals surface area contributed by atoms with Crippen molar-refractivity contribution in [2.75, 3.05) is 0 Å². The van der Waals surface area contributed by atoms with Gasteiger partial charge in [-0.2, -0.15) is 0 Å². The van der Waals surface area contributed by atoms with Gasteiger partial charge in [0.2, 0.25) is 0 Å². The molecule has 0 saturated heterocycles. The summed E-state index contributed by atoms with van der Waals surface area (Å²) in [5.41, 5.74) is 0.357. The highest BCUT2D eigenvalue weighted by molar-refractivity contribution is 6.20. The molecular weight excluding hydrogens is 207 g/mol. The van der Waals surface area contributed by atoms with Crippen LogP contribution in [0.2, 0.25) is 0 Å². The Labute approximate surface area is 86.3 Å². The van der Waals surface area contributed by atoms with Crippen LogP contribution in [0.4, 0.5) is 4.39 Å². The molecule has 1 aromatic rings. The minimum absolute atomic E-state index is 0.0531. The van der Waals surface area contributed by atoms with Gasteiger partial charge < -0.3 is 5.11 Å². The van der Waals surface area contributed by atoms with Gasteiger partial charge in [-0.1, -0.05) is 18.2 Å². The number of carbonyl (C=O) groups is 1. The van der Waals surface area contributed by atoms with Crippen molar-refractivity contribution in [2.45, 2.75) is 18.2 Å². The molecule has 0 aliphatic heterocycles. The Balaban J connectivity index is 2.65. The molecule has 1 aromatic carbocycles. The number of benzene rings is 1. The lowest BCUT2D eigenvalue weighted by molar-refractivity contribution is -0.137. The van der Waals surface area contributed by atoms with Gasteiger partial charge in [-0.05, 0) is 12.5 Å². The first-order valence-electron chi connectivity index (χ1n) is 4.21. The van der Waals surface area contributed by atoms with E-state index >= 15 is 0 Å². The lowest BCUT2D eigenvalue weighted by Crippen LogP contribution is -2.00. The van der Waals surface area contributed by atoms with Crippen molar-refractivity contribution >= 4 is 17.6 Å². The largest absolute Gasteiger partial charge is 0.481 e. The summed E-state index contributed by atoms with van der Waals surface area (Å²) >= 11 is 5.85. The van der Waals surface area contributed by atoms with Crippen molar-refractivity contribution in [1.82, 2.24) is 0 Å². The molecule has 1 atom stereocenters. The first kappa shape index (κ1) is 11.0. The van der Waals surface area contributed by atoms with E-state index in [0.29, 0.717) is 5.56 Å². The zero-order valence-electron chi connectivity index (χ0n) is 7.41. The SMILES string of the molecule is O=C(O)CCC(Cl)c1ccccc1F. The molecule has 0 fully saturated rings. The molecule has 1 rings (SSSR count). The second kappa shape index (κ2) is 4.96. The number of aliphatic carboxylic acids is 1. The summed E-state index contributed by atoms with van der Waals surface area (Å²) in [6, 6.07) is 6.12. The molecule has 0 radical (unpaired) electrons. The number of carboxylic acids is 1. The lowest BCUT2D eigenvalue weighted by atomic mass is 10.1. The minimum Gasteiger partial charge on any atom is -0.481 e. The van der Waals surface area contributed by atoms with Gasteiger partial charge in [-0.15, -0.1) is 11.6 Å². The Hall–Kier alpha value is -1.09. The second-order valence-electron chi connectivity index (χ2n) is 2.92. The van der Waals surface area contributed by atoms with Gasteiger partial charge in [0.05, 0.1) is 5.38 Å². The number of hydrogen-bond donors (Lipinski definition) is 1. The fraction of sp³-hybridized carbons (Fsp3) is 0.300. The number of hydrogen-bond acceptors (Lipinski definition) is 1. The van der Waals surface area contributed by atoms with Crippen LogP contribution >= 0.6 is 11.6 Å². The molecular formula is C10H10ClFO2. The highest BCUT2D eigenvalue weighted by atomic mass is 35.5. The van der Waals surface area contributed by atoms with E-state index in [1.807, 2.05) is 0 Å². The summed E-state index contributed by atoms with van der Waals surface area (Å²) < 4.78 is 13.1. The van der Waals surface area contributed by atoms with Gasteiger partial charge in [-0.3, -0.25) is 4.79 Å². The number of rotatable bonds is 4. The average molecular weight is 217 g/mol. The smallest absolute Gasteiger partial charge is 0.303 e. The molecule has 1 N–H and O–H groups in total. The molecule has 0 spiro atoms. The van der Waals surface area contributed by atoms with Gasteiger partial charge in [0, 0.05) is 12.0 Å². The topological polar surface area (TPSA) is 37.3 Å². The highest BCUT2D eigenvalue weighted by Gasteiger charge is 2.13. The Morgan fingerprint density at radius 2 is 2.14 bits per heavy atom. The number of halogens is 2. The molecule has 0 aliphatic carbocycles. The number of alkyl halides is 1. The summed E-state index contributed by atoms with van der Waals surface area (Å²) in [7, 11) is 0. The van der Waals surface area contributed by atoms with Crippen molar-refractivity contribution in [3.63, 3.8) is 0 Å². The molecule has 14 heavy (non-hydrogen) atoms. The third-order valence-electron chi connectivity index (χ3n) is 1.85. The predicted octanol–water partition coefficient (Wildman–Crippen LogP) is 2.97. The summed E-state index contributed by atoms with van der Waals surface area (Å²) in [5.74, 6) is -1.31. The summed E-state index contributed by atoms with van der Waals surface area (Å²) in [4.78, 5) is 10.3. The minimum atomic E-state index is -0.924. The molecule has 2 nitrogen and oxygen atoms in total. The summed E-state index contributed by atoms with van der Waals surface area (Å²) in [5, 5.41) is 7.85. The lowest BCUT2D eigenvalue weighted by Gasteiger charge is -2.08. The van der Waals surface area contributed by atoms with Crippen LogP contribution in [0, 0.1) is 5.82 Å². The van der Waals surface area contributed by atoms with Gasteiger partial charge in [0.15, 0.2) is 0 Å². The van der Waals surface area contributed by atoms with Crippen LogP contribution in [0.5, 0.6) is 0 Å². The standard InChI is InChI=1S/C10H10ClFO2/c11-8(5-6-10(13)14)7-3-1-2-4-9(7)12/h1-4,8H,5-6H2,(H,13,14). The maximum atomic E-state index is 13.1. The zero-order chi connectivity index (χ0) is 10.6. The van der Waals surface area contributed by atoms with Crippen molar-refractivity contribution in [2.24, 2.45) is 0 Å². The Morgan fingerprint density at radius 1 is 1.50 bits per heavy atom. The zero-order valence-corrected chi connectivity index (χ0v) is 8.17. The molecule has 4 heteroatoms. The third-order valence-corrected chi connectivity index (χ3v) is 2.31. The average Bonchev–Trinajstić information content (AvgIpc) is 2.15. The van der Waals surface area contributed by atoms with Crippen molar-refractivity contribution in [3.05, 3.63) is 35.6 Å². The van der Waals surface area contributed by atoms with Crippen LogP contribution in [-0.4, -0.2) is 11.1 Å². The highest BCUT2D eigenvalue weighted by Crippen LogP contribution is 2.27. The molecule has 1 unspecified atom stereocenters. The van der Waals surface area contributed by atoms with E-state index < -0.39 is 17.2 Å². The van der Waals surface area contributed by atoms with Gasteiger partial charge in [0.1, 0.15) is 5.82 Å². The van der Waals surface area contributed by atoms with Crippen LogP contribution in [-0.2, 0) is 4.79 Å². The summed E-state index contributed by atoms with van der Waals surface area (Å²) in [6.45, 7) is 0. The van der Waals surface area contributed by atoms with Crippen LogP contribution in [0.15, 0.2) is 24.3 Å². The molecule has 0 aromatic heterocycles. The van der Waals surface area contributed by atoms with E-state index in [1.165, 1.54) is 6.07 Å². The van der Waals surface area contributed by atoms with Crippen molar-refractivity contribution < 1.29 is 14.3 Å². The Bertz CT molecular complexity index is 328. The quantitative estimate of drug-likeness (QED) is 0.786. The normalized spacial score (nSPS) is 12.4. The van der Waals surface area contributed by atoms with E-state index in [4.69, 9.17) is 16.7 Å². The van der Waals surface area contributed by atoms with Gasteiger partial charge >= 0.3 is 5.97 Å². The molecule has 0 heterocycles. The maximum absolute atomic E-state index is 13.1. The van der Waals surface area contributed by atoms with Crippen molar-refractivity contribution in [1.29, 1.82) is 0 Å². The predicted molar refractivity (Wildman–Crippen MR) is 51.9 cm³/mol. The van der Waals surface area contributed by atoms with Crippen LogP contribution in [0.3, 0.4) is 0 Å². The molecule has 0 aliphatic rings. The molecule has 0 saturated carbocycles.